The number of nitrogens with one attached hydrogen (secondary N) is 1. The number of hydrogen-bond donors (Lipinski definition) is 1. The lowest BCUT2D eigenvalue weighted by Gasteiger charge is -2.33. The Labute approximate surface area is 207 Å². The van der Waals surface area contributed by atoms with Crippen LogP contribution >= 0.6 is 0 Å². The molecular weight excluding hydrogens is 440 g/mol. The van der Waals surface area contributed by atoms with Gasteiger partial charge in [-0.15, -0.1) is 0 Å². The van der Waals surface area contributed by atoms with Crippen LogP contribution in [0.5, 0.6) is 11.5 Å². The second kappa shape index (κ2) is 11.0. The van der Waals surface area contributed by atoms with E-state index >= 15 is 0 Å². The van der Waals surface area contributed by atoms with Gasteiger partial charge in [0.25, 0.3) is 0 Å². The summed E-state index contributed by atoms with van der Waals surface area (Å²) in [6.45, 7) is 5.51. The van der Waals surface area contributed by atoms with Gasteiger partial charge < -0.3 is 19.7 Å². The molecule has 7 nitrogen and oxygen atoms in total. The minimum Gasteiger partial charge on any atom is -0.454 e. The van der Waals surface area contributed by atoms with Crippen LogP contribution in [0.1, 0.15) is 44.6 Å². The van der Waals surface area contributed by atoms with Crippen LogP contribution in [0.3, 0.4) is 0 Å². The number of carbonyl (C=O) groups is 1. The van der Waals surface area contributed by atoms with Crippen LogP contribution in [0.15, 0.2) is 54.7 Å². The second-order valence-electron chi connectivity index (χ2n) is 9.44. The minimum atomic E-state index is 0.0841. The van der Waals surface area contributed by atoms with E-state index < -0.39 is 0 Å². The summed E-state index contributed by atoms with van der Waals surface area (Å²) in [6.07, 6.45) is 7.98. The molecule has 0 unspecified atom stereocenters. The molecule has 0 radical (unpaired) electrons. The Balaban J connectivity index is 1.23. The molecule has 0 saturated carbocycles. The molecule has 2 aromatic carbocycles. The van der Waals surface area contributed by atoms with Gasteiger partial charge in [-0.25, -0.2) is 4.68 Å². The molecule has 5 rings (SSSR count). The van der Waals surface area contributed by atoms with Crippen molar-refractivity contribution < 1.29 is 14.3 Å². The van der Waals surface area contributed by atoms with Gasteiger partial charge in [-0.05, 0) is 75.0 Å². The van der Waals surface area contributed by atoms with E-state index in [0.717, 1.165) is 53.5 Å². The molecule has 3 heterocycles. The number of ether oxygens (including phenoxy) is 2. The van der Waals surface area contributed by atoms with E-state index in [9.17, 15) is 4.79 Å². The highest BCUT2D eigenvalue weighted by Gasteiger charge is 2.19. The lowest BCUT2D eigenvalue weighted by Crippen LogP contribution is -2.39. The molecule has 184 valence electrons. The summed E-state index contributed by atoms with van der Waals surface area (Å²) < 4.78 is 12.9. The SMILES string of the molecule is C[C@@H]1CCCCN1CCCNC(=O)CCc1cn(-c2ccccc2)nc1-c1ccc2c(c1)OCO2. The van der Waals surface area contributed by atoms with Gasteiger partial charge in [0.2, 0.25) is 12.7 Å². The summed E-state index contributed by atoms with van der Waals surface area (Å²) >= 11 is 0. The predicted molar refractivity (Wildman–Crippen MR) is 136 cm³/mol. The van der Waals surface area contributed by atoms with E-state index in [2.05, 4.69) is 17.1 Å². The summed E-state index contributed by atoms with van der Waals surface area (Å²) in [7, 11) is 0. The Bertz CT molecular complexity index is 1140. The lowest BCUT2D eigenvalue weighted by atomic mass is 10.0. The average Bonchev–Trinajstić information content (AvgIpc) is 3.53. The number of aryl methyl sites for hydroxylation is 1. The van der Waals surface area contributed by atoms with Crippen LogP contribution in [0.25, 0.3) is 16.9 Å². The van der Waals surface area contributed by atoms with E-state index in [0.29, 0.717) is 18.9 Å². The number of aromatic nitrogens is 2. The molecular formula is C28H34N4O3. The van der Waals surface area contributed by atoms with Gasteiger partial charge in [0, 0.05) is 37.3 Å². The molecule has 7 heteroatoms. The third-order valence-electron chi connectivity index (χ3n) is 6.96. The zero-order valence-electron chi connectivity index (χ0n) is 20.4. The Morgan fingerprint density at radius 1 is 1.11 bits per heavy atom. The fourth-order valence-electron chi connectivity index (χ4n) is 4.93. The van der Waals surface area contributed by atoms with E-state index in [-0.39, 0.29) is 12.7 Å². The largest absolute Gasteiger partial charge is 0.454 e. The molecule has 2 aliphatic heterocycles. The van der Waals surface area contributed by atoms with Crippen molar-refractivity contribution in [2.24, 2.45) is 0 Å². The van der Waals surface area contributed by atoms with Crippen LogP contribution in [0.2, 0.25) is 0 Å². The molecule has 1 amide bonds. The van der Waals surface area contributed by atoms with Gasteiger partial charge in [-0.2, -0.15) is 5.10 Å². The predicted octanol–water partition coefficient (Wildman–Crippen LogP) is 4.58. The molecule has 35 heavy (non-hydrogen) atoms. The third-order valence-corrected chi connectivity index (χ3v) is 6.96. The Kier molecular flexibility index (Phi) is 7.33. The van der Waals surface area contributed by atoms with Crippen molar-refractivity contribution in [2.75, 3.05) is 26.4 Å². The van der Waals surface area contributed by atoms with E-state index in [1.165, 1.54) is 25.8 Å². The molecule has 1 saturated heterocycles. The molecule has 1 aromatic heterocycles. The number of rotatable bonds is 9. The van der Waals surface area contributed by atoms with Gasteiger partial charge in [0.15, 0.2) is 11.5 Å². The van der Waals surface area contributed by atoms with E-state index in [1.54, 1.807) is 0 Å². The first-order valence-corrected chi connectivity index (χ1v) is 12.7. The van der Waals surface area contributed by atoms with Crippen molar-refractivity contribution in [1.82, 2.24) is 20.0 Å². The molecule has 1 N–H and O–H groups in total. The quantitative estimate of drug-likeness (QED) is 0.460. The van der Waals surface area contributed by atoms with Crippen LogP contribution in [0, 0.1) is 0 Å². The van der Waals surface area contributed by atoms with Crippen LogP contribution < -0.4 is 14.8 Å². The monoisotopic (exact) mass is 474 g/mol. The Hall–Kier alpha value is -3.32. The van der Waals surface area contributed by atoms with Crippen molar-refractivity contribution in [1.29, 1.82) is 0 Å². The molecule has 0 bridgehead atoms. The van der Waals surface area contributed by atoms with Crippen molar-refractivity contribution >= 4 is 5.91 Å². The highest BCUT2D eigenvalue weighted by atomic mass is 16.7. The zero-order valence-corrected chi connectivity index (χ0v) is 20.4. The number of likely N-dealkylation sites (tertiary alicyclic amines) is 1. The number of piperidine rings is 1. The van der Waals surface area contributed by atoms with Crippen molar-refractivity contribution in [2.45, 2.75) is 51.5 Å². The van der Waals surface area contributed by atoms with Gasteiger partial charge in [0.1, 0.15) is 0 Å². The molecule has 0 spiro atoms. The molecule has 3 aromatic rings. The smallest absolute Gasteiger partial charge is 0.231 e. The summed E-state index contributed by atoms with van der Waals surface area (Å²) in [5.74, 6) is 1.56. The zero-order chi connectivity index (χ0) is 24.0. The average molecular weight is 475 g/mol. The van der Waals surface area contributed by atoms with Crippen LogP contribution in [-0.4, -0.2) is 53.1 Å². The van der Waals surface area contributed by atoms with Crippen molar-refractivity contribution in [3.63, 3.8) is 0 Å². The van der Waals surface area contributed by atoms with Crippen molar-refractivity contribution in [3.05, 3.63) is 60.3 Å². The number of fused-ring (bicyclic) bond motifs is 1. The molecule has 1 atom stereocenters. The Morgan fingerprint density at radius 2 is 1.97 bits per heavy atom. The fraction of sp³-hybridized carbons (Fsp3) is 0.429. The summed E-state index contributed by atoms with van der Waals surface area (Å²) in [4.78, 5) is 15.2. The summed E-state index contributed by atoms with van der Waals surface area (Å²) in [6, 6.07) is 16.6. The van der Waals surface area contributed by atoms with Gasteiger partial charge in [0.05, 0.1) is 11.4 Å². The first-order chi connectivity index (χ1) is 17.2. The maximum Gasteiger partial charge on any atom is 0.231 e. The lowest BCUT2D eigenvalue weighted by molar-refractivity contribution is -0.121. The van der Waals surface area contributed by atoms with Gasteiger partial charge in [-0.3, -0.25) is 4.79 Å². The highest BCUT2D eigenvalue weighted by molar-refractivity contribution is 5.77. The summed E-state index contributed by atoms with van der Waals surface area (Å²) in [5, 5.41) is 7.98. The van der Waals surface area contributed by atoms with E-state index in [4.69, 9.17) is 14.6 Å². The normalized spacial score (nSPS) is 17.5. The van der Waals surface area contributed by atoms with Crippen LogP contribution in [-0.2, 0) is 11.2 Å². The standard InChI is InChI=1S/C28H34N4O3/c1-21-8-5-6-16-31(21)17-7-15-29-27(33)14-12-23-19-32(24-9-3-2-4-10-24)30-28(23)22-11-13-25-26(18-22)35-20-34-25/h2-4,9-11,13,18-19,21H,5-8,12,14-17,20H2,1H3,(H,29,33)/t21-/m1/s1. The van der Waals surface area contributed by atoms with E-state index in [1.807, 2.05) is 59.4 Å². The first-order valence-electron chi connectivity index (χ1n) is 12.7. The number of benzene rings is 2. The van der Waals surface area contributed by atoms with Crippen molar-refractivity contribution in [3.8, 4) is 28.4 Å². The highest BCUT2D eigenvalue weighted by Crippen LogP contribution is 2.36. The first kappa shape index (κ1) is 23.4. The number of para-hydroxylation sites is 1. The topological polar surface area (TPSA) is 68.6 Å². The number of carbonyl (C=O) groups excluding carboxylic acids is 1. The summed E-state index contributed by atoms with van der Waals surface area (Å²) in [5.41, 5.74) is 3.83. The maximum absolute atomic E-state index is 12.6. The fourth-order valence-corrected chi connectivity index (χ4v) is 4.93. The van der Waals surface area contributed by atoms with Gasteiger partial charge in [-0.1, -0.05) is 24.6 Å². The number of nitrogens with zero attached hydrogens (tertiary/aromatic N) is 3. The number of amides is 1. The molecule has 1 fully saturated rings. The Morgan fingerprint density at radius 3 is 2.83 bits per heavy atom. The second-order valence-corrected chi connectivity index (χ2v) is 9.44. The number of hydrogen-bond acceptors (Lipinski definition) is 5. The third kappa shape index (κ3) is 5.68. The van der Waals surface area contributed by atoms with Crippen LogP contribution in [0.4, 0.5) is 0 Å². The maximum atomic E-state index is 12.6. The van der Waals surface area contributed by atoms with Gasteiger partial charge >= 0.3 is 0 Å². The molecule has 0 aliphatic carbocycles. The minimum absolute atomic E-state index is 0.0841. The molecule has 2 aliphatic rings.